The lowest BCUT2D eigenvalue weighted by Gasteiger charge is -2.40. The van der Waals surface area contributed by atoms with Crippen molar-refractivity contribution in [2.75, 3.05) is 19.6 Å². The van der Waals surface area contributed by atoms with E-state index in [9.17, 15) is 9.59 Å². The number of urea groups is 1. The second-order valence-electron chi connectivity index (χ2n) is 8.50. The van der Waals surface area contributed by atoms with Crippen molar-refractivity contribution in [2.24, 2.45) is 5.92 Å². The summed E-state index contributed by atoms with van der Waals surface area (Å²) >= 11 is 7.69. The third kappa shape index (κ3) is 4.49. The molecule has 2 saturated heterocycles. The summed E-state index contributed by atoms with van der Waals surface area (Å²) in [7, 11) is 0. The Morgan fingerprint density at radius 2 is 2.06 bits per heavy atom. The number of halogens is 1. The molecule has 0 unspecified atom stereocenters. The van der Waals surface area contributed by atoms with E-state index in [1.165, 1.54) is 10.5 Å². The first kappa shape index (κ1) is 22.2. The van der Waals surface area contributed by atoms with E-state index in [0.29, 0.717) is 19.4 Å². The van der Waals surface area contributed by atoms with Crippen LogP contribution in [0, 0.1) is 12.8 Å². The molecule has 1 atom stereocenters. The van der Waals surface area contributed by atoms with Crippen molar-refractivity contribution >= 4 is 34.9 Å². The van der Waals surface area contributed by atoms with E-state index >= 15 is 0 Å². The zero-order chi connectivity index (χ0) is 22.0. The number of nitrogens with zero attached hydrogens (tertiary/aromatic N) is 3. The Hall–Kier alpha value is -1.96. The molecule has 31 heavy (non-hydrogen) atoms. The van der Waals surface area contributed by atoms with Crippen LogP contribution in [0.25, 0.3) is 0 Å². The number of hydrogen-bond acceptors (Lipinski definition) is 5. The van der Waals surface area contributed by atoms with Gasteiger partial charge in [0.15, 0.2) is 0 Å². The van der Waals surface area contributed by atoms with Crippen LogP contribution in [0.4, 0.5) is 4.79 Å². The Morgan fingerprint density at radius 1 is 1.29 bits per heavy atom. The summed E-state index contributed by atoms with van der Waals surface area (Å²) < 4.78 is 0. The van der Waals surface area contributed by atoms with Crippen molar-refractivity contribution in [3.63, 3.8) is 0 Å². The molecule has 2 aliphatic heterocycles. The molecule has 0 spiro atoms. The number of hydrogen-bond donors (Lipinski definition) is 1. The summed E-state index contributed by atoms with van der Waals surface area (Å²) in [6, 6.07) is 7.71. The Kier molecular flexibility index (Phi) is 6.65. The quantitative estimate of drug-likeness (QED) is 0.627. The number of benzene rings is 1. The lowest BCUT2D eigenvalue weighted by Crippen LogP contribution is -2.55. The molecule has 2 aromatic rings. The topological polar surface area (TPSA) is 65.5 Å². The van der Waals surface area contributed by atoms with Gasteiger partial charge in [0.05, 0.1) is 11.2 Å². The number of likely N-dealkylation sites (tertiary alicyclic amines) is 1. The van der Waals surface area contributed by atoms with Gasteiger partial charge in [-0.15, -0.1) is 11.3 Å². The summed E-state index contributed by atoms with van der Waals surface area (Å²) in [6.07, 6.45) is 3.06. The molecule has 3 heterocycles. The van der Waals surface area contributed by atoms with Gasteiger partial charge in [-0.2, -0.15) is 0 Å². The summed E-state index contributed by atoms with van der Waals surface area (Å²) in [4.78, 5) is 35.4. The van der Waals surface area contributed by atoms with Gasteiger partial charge in [-0.25, -0.2) is 9.78 Å². The van der Waals surface area contributed by atoms with E-state index in [2.05, 4.69) is 21.3 Å². The smallest absolute Gasteiger partial charge is 0.323 e. The third-order valence-corrected chi connectivity index (χ3v) is 7.98. The molecule has 2 aliphatic rings. The Bertz CT molecular complexity index is 957. The molecule has 3 amide bonds. The van der Waals surface area contributed by atoms with Gasteiger partial charge >= 0.3 is 6.03 Å². The zero-order valence-electron chi connectivity index (χ0n) is 18.1. The highest BCUT2D eigenvalue weighted by Crippen LogP contribution is 2.36. The van der Waals surface area contributed by atoms with Crippen molar-refractivity contribution < 1.29 is 9.59 Å². The highest BCUT2D eigenvalue weighted by atomic mass is 35.5. The largest absolute Gasteiger partial charge is 0.325 e. The SMILES string of the molecule is CC[C@]1(C2CCN(Cc3cccc(Cl)c3)CC2)NC(=O)N(CCc2scnc2C)C1=O. The van der Waals surface area contributed by atoms with Gasteiger partial charge in [0.2, 0.25) is 0 Å². The van der Waals surface area contributed by atoms with Crippen LogP contribution >= 0.6 is 22.9 Å². The van der Waals surface area contributed by atoms with Gasteiger partial charge in [0, 0.05) is 29.4 Å². The first-order valence-electron chi connectivity index (χ1n) is 10.9. The monoisotopic (exact) mass is 460 g/mol. The van der Waals surface area contributed by atoms with Gasteiger partial charge in [-0.3, -0.25) is 14.6 Å². The number of thiazole rings is 1. The standard InChI is InChI=1S/C23H29ClN4O2S/c1-3-23(18-7-10-27(11-8-18)14-17-5-4-6-19(24)13-17)21(29)28(22(30)26-23)12-9-20-16(2)25-15-31-20/h4-6,13,15,18H,3,7-12,14H2,1-2H3,(H,26,30)/t23-/m1/s1. The maximum Gasteiger partial charge on any atom is 0.325 e. The Balaban J connectivity index is 1.39. The van der Waals surface area contributed by atoms with Gasteiger partial charge in [0.1, 0.15) is 5.54 Å². The predicted molar refractivity (Wildman–Crippen MR) is 123 cm³/mol. The fourth-order valence-corrected chi connectivity index (χ4v) is 5.89. The molecule has 0 aliphatic carbocycles. The molecule has 1 aromatic carbocycles. The molecular formula is C23H29ClN4O2S. The first-order valence-corrected chi connectivity index (χ1v) is 12.2. The second kappa shape index (κ2) is 9.27. The van der Waals surface area contributed by atoms with Crippen LogP contribution in [0.1, 0.15) is 42.3 Å². The minimum atomic E-state index is -0.776. The molecule has 2 fully saturated rings. The number of carbonyl (C=O) groups is 2. The fraction of sp³-hybridized carbons (Fsp3) is 0.522. The summed E-state index contributed by atoms with van der Waals surface area (Å²) in [5.74, 6) is 0.0927. The first-order chi connectivity index (χ1) is 14.9. The van der Waals surface area contributed by atoms with Crippen molar-refractivity contribution in [1.82, 2.24) is 20.1 Å². The number of imide groups is 1. The molecule has 0 saturated carbocycles. The van der Waals surface area contributed by atoms with Crippen LogP contribution in [0.2, 0.25) is 5.02 Å². The zero-order valence-corrected chi connectivity index (χ0v) is 19.6. The number of aryl methyl sites for hydroxylation is 1. The molecule has 4 rings (SSSR count). The lowest BCUT2D eigenvalue weighted by molar-refractivity contribution is -0.134. The summed E-state index contributed by atoms with van der Waals surface area (Å²) in [5, 5.41) is 3.85. The van der Waals surface area contributed by atoms with Gasteiger partial charge < -0.3 is 5.32 Å². The minimum Gasteiger partial charge on any atom is -0.323 e. The average molecular weight is 461 g/mol. The van der Waals surface area contributed by atoms with Crippen molar-refractivity contribution in [2.45, 2.75) is 51.6 Å². The van der Waals surface area contributed by atoms with Crippen LogP contribution < -0.4 is 5.32 Å². The van der Waals surface area contributed by atoms with E-state index < -0.39 is 5.54 Å². The Labute approximate surface area is 192 Å². The number of rotatable bonds is 7. The highest BCUT2D eigenvalue weighted by molar-refractivity contribution is 7.09. The normalized spacial score (nSPS) is 22.9. The third-order valence-electron chi connectivity index (χ3n) is 6.75. The predicted octanol–water partition coefficient (Wildman–Crippen LogP) is 4.26. The number of carbonyl (C=O) groups excluding carboxylic acids is 2. The maximum atomic E-state index is 13.4. The number of nitrogens with one attached hydrogen (secondary N) is 1. The number of amides is 3. The molecule has 8 heteroatoms. The molecular weight excluding hydrogens is 432 g/mol. The van der Waals surface area contributed by atoms with E-state index in [0.717, 1.165) is 48.1 Å². The molecule has 166 valence electrons. The Morgan fingerprint density at radius 3 is 2.71 bits per heavy atom. The summed E-state index contributed by atoms with van der Waals surface area (Å²) in [6.45, 7) is 7.04. The van der Waals surface area contributed by atoms with Crippen LogP contribution in [0.3, 0.4) is 0 Å². The second-order valence-corrected chi connectivity index (χ2v) is 9.88. The molecule has 6 nitrogen and oxygen atoms in total. The van der Waals surface area contributed by atoms with E-state index in [-0.39, 0.29) is 17.9 Å². The summed E-state index contributed by atoms with van der Waals surface area (Å²) in [5.41, 5.74) is 3.21. The van der Waals surface area contributed by atoms with E-state index in [1.807, 2.05) is 37.6 Å². The highest BCUT2D eigenvalue weighted by Gasteiger charge is 2.54. The van der Waals surface area contributed by atoms with Gasteiger partial charge in [-0.1, -0.05) is 30.7 Å². The van der Waals surface area contributed by atoms with Gasteiger partial charge in [-0.05, 0) is 62.9 Å². The maximum absolute atomic E-state index is 13.4. The molecule has 0 radical (unpaired) electrons. The van der Waals surface area contributed by atoms with Crippen LogP contribution in [-0.4, -0.2) is 51.9 Å². The van der Waals surface area contributed by atoms with E-state index in [1.54, 1.807) is 11.3 Å². The molecule has 1 aromatic heterocycles. The van der Waals surface area contributed by atoms with Gasteiger partial charge in [0.25, 0.3) is 5.91 Å². The number of piperidine rings is 1. The fourth-order valence-electron chi connectivity index (χ4n) is 4.91. The minimum absolute atomic E-state index is 0.0598. The van der Waals surface area contributed by atoms with E-state index in [4.69, 9.17) is 11.6 Å². The number of aromatic nitrogens is 1. The van der Waals surface area contributed by atoms with Crippen LogP contribution in [0.5, 0.6) is 0 Å². The average Bonchev–Trinajstić information content (AvgIpc) is 3.27. The van der Waals surface area contributed by atoms with Crippen molar-refractivity contribution in [1.29, 1.82) is 0 Å². The molecule has 1 N–H and O–H groups in total. The van der Waals surface area contributed by atoms with Crippen LogP contribution in [0.15, 0.2) is 29.8 Å². The lowest BCUT2D eigenvalue weighted by atomic mass is 9.75. The van der Waals surface area contributed by atoms with Crippen molar-refractivity contribution in [3.05, 3.63) is 50.9 Å². The van der Waals surface area contributed by atoms with Crippen molar-refractivity contribution in [3.8, 4) is 0 Å². The molecule has 0 bridgehead atoms. The van der Waals surface area contributed by atoms with Crippen LogP contribution in [-0.2, 0) is 17.8 Å².